The van der Waals surface area contributed by atoms with Crippen LogP contribution in [0.3, 0.4) is 0 Å². The van der Waals surface area contributed by atoms with E-state index in [2.05, 4.69) is 20.8 Å². The summed E-state index contributed by atoms with van der Waals surface area (Å²) in [6.07, 6.45) is 2.00. The van der Waals surface area contributed by atoms with E-state index in [-0.39, 0.29) is 48.5 Å². The fourth-order valence-electron chi connectivity index (χ4n) is 0. The van der Waals surface area contributed by atoms with Crippen LogP contribution in [-0.4, -0.2) is 8.41 Å². The van der Waals surface area contributed by atoms with Crippen LogP contribution in [0.5, 0.6) is 0 Å². The van der Waals surface area contributed by atoms with Gasteiger partial charge in [0.15, 0.2) is 0 Å². The average molecular weight is 216 g/mol. The first-order chi connectivity index (χ1) is 3.15. The zero-order valence-electron chi connectivity index (χ0n) is 8.31. The summed E-state index contributed by atoms with van der Waals surface area (Å²) in [7, 11) is 0. The van der Waals surface area contributed by atoms with Crippen molar-refractivity contribution < 1.29 is 32.7 Å². The van der Waals surface area contributed by atoms with Crippen LogP contribution < -0.4 is 0 Å². The molecule has 0 fully saturated rings. The second kappa shape index (κ2) is 32.0. The van der Waals surface area contributed by atoms with Crippen molar-refractivity contribution in [1.29, 1.82) is 0 Å². The summed E-state index contributed by atoms with van der Waals surface area (Å²) in [5, 5.41) is 0. The van der Waals surface area contributed by atoms with Crippen LogP contribution in [0.15, 0.2) is 0 Å². The molecule has 0 nitrogen and oxygen atoms in total. The zero-order valence-corrected chi connectivity index (χ0v) is 11.1. The SMILES string of the molecule is CC(C)C.C[CH-]C.[B].[CH3-].[Y]. The van der Waals surface area contributed by atoms with Gasteiger partial charge in [0.25, 0.3) is 0 Å². The number of hydrogen-bond acceptors (Lipinski definition) is 0. The first-order valence-corrected chi connectivity index (χ1v) is 2.89. The fourth-order valence-corrected chi connectivity index (χ4v) is 0. The molecule has 60 valence electrons. The fraction of sp³-hybridized carbons (Fsp3) is 0.750. The minimum absolute atomic E-state index is 0. The summed E-state index contributed by atoms with van der Waals surface area (Å²) in [4.78, 5) is 0. The third kappa shape index (κ3) is 448. The predicted molar refractivity (Wildman–Crippen MR) is 48.3 cm³/mol. The van der Waals surface area contributed by atoms with Crippen molar-refractivity contribution in [2.45, 2.75) is 34.6 Å². The maximum absolute atomic E-state index is 2.17. The molecule has 0 aromatic heterocycles. The van der Waals surface area contributed by atoms with E-state index in [4.69, 9.17) is 0 Å². The first-order valence-electron chi connectivity index (χ1n) is 2.89. The molecule has 0 aliphatic rings. The largest absolute Gasteiger partial charge is 0.358 e. The maximum atomic E-state index is 2.17. The van der Waals surface area contributed by atoms with Crippen molar-refractivity contribution in [2.75, 3.05) is 0 Å². The minimum Gasteiger partial charge on any atom is -0.358 e. The van der Waals surface area contributed by atoms with Gasteiger partial charge in [0.05, 0.1) is 0 Å². The van der Waals surface area contributed by atoms with Crippen LogP contribution >= 0.6 is 0 Å². The molecule has 0 rings (SSSR count). The average Bonchev–Trinajstić information content (AvgIpc) is 1.33. The Hall–Kier alpha value is 1.17. The van der Waals surface area contributed by atoms with Crippen LogP contribution in [-0.2, 0) is 32.7 Å². The van der Waals surface area contributed by atoms with E-state index in [0.29, 0.717) is 0 Å². The van der Waals surface area contributed by atoms with E-state index in [0.717, 1.165) is 5.92 Å². The smallest absolute Gasteiger partial charge is 0 e. The summed E-state index contributed by atoms with van der Waals surface area (Å²) >= 11 is 0. The normalized spacial score (nSPS) is 5.40. The first kappa shape index (κ1) is 30.3. The Morgan fingerprint density at radius 3 is 1.00 bits per heavy atom. The van der Waals surface area contributed by atoms with Crippen LogP contribution in [0.2, 0.25) is 0 Å². The van der Waals surface area contributed by atoms with Crippen molar-refractivity contribution in [3.05, 3.63) is 13.8 Å². The second-order valence-electron chi connectivity index (χ2n) is 2.31. The Labute approximate surface area is 95.0 Å². The molecular weight excluding hydrogens is 196 g/mol. The van der Waals surface area contributed by atoms with Gasteiger partial charge in [-0.05, 0) is 5.92 Å². The van der Waals surface area contributed by atoms with E-state index in [1.54, 1.807) is 0 Å². The van der Waals surface area contributed by atoms with Gasteiger partial charge in [0, 0.05) is 41.1 Å². The molecule has 0 aliphatic heterocycles. The van der Waals surface area contributed by atoms with Gasteiger partial charge in [-0.15, -0.1) is 0 Å². The molecule has 0 amide bonds. The number of rotatable bonds is 0. The van der Waals surface area contributed by atoms with Crippen LogP contribution in [0.4, 0.5) is 0 Å². The quantitative estimate of drug-likeness (QED) is 0.431. The Kier molecular flexibility index (Phi) is 97.1. The summed E-state index contributed by atoms with van der Waals surface area (Å²) in [6, 6.07) is 0. The van der Waals surface area contributed by atoms with Gasteiger partial charge in [-0.25, -0.2) is 0 Å². The van der Waals surface area contributed by atoms with Crippen LogP contribution in [0, 0.1) is 19.8 Å². The van der Waals surface area contributed by atoms with Gasteiger partial charge in [-0.1, -0.05) is 20.8 Å². The Morgan fingerprint density at radius 1 is 1.00 bits per heavy atom. The van der Waals surface area contributed by atoms with Crippen LogP contribution in [0.25, 0.3) is 0 Å². The van der Waals surface area contributed by atoms with Crippen molar-refractivity contribution in [2.24, 2.45) is 5.92 Å². The maximum Gasteiger partial charge on any atom is 0 e. The molecule has 0 atom stereocenters. The van der Waals surface area contributed by atoms with E-state index in [9.17, 15) is 0 Å². The molecule has 2 heteroatoms. The van der Waals surface area contributed by atoms with Gasteiger partial charge >= 0.3 is 0 Å². The second-order valence-corrected chi connectivity index (χ2v) is 2.31. The molecule has 0 spiro atoms. The molecule has 0 bridgehead atoms. The third-order valence-corrected chi connectivity index (χ3v) is 0. The van der Waals surface area contributed by atoms with Gasteiger partial charge in [-0.2, -0.15) is 13.8 Å². The Morgan fingerprint density at radius 2 is 1.00 bits per heavy atom. The Balaban J connectivity index is -0.0000000131. The summed E-state index contributed by atoms with van der Waals surface area (Å²) < 4.78 is 0. The van der Waals surface area contributed by atoms with E-state index in [1.807, 2.05) is 20.3 Å². The summed E-state index contributed by atoms with van der Waals surface area (Å²) in [5.41, 5.74) is 0. The van der Waals surface area contributed by atoms with Crippen molar-refractivity contribution in [3.8, 4) is 0 Å². The molecule has 0 heterocycles. The minimum atomic E-state index is 0. The van der Waals surface area contributed by atoms with E-state index < -0.39 is 0 Å². The molecule has 0 saturated carbocycles. The summed E-state index contributed by atoms with van der Waals surface area (Å²) in [5.74, 6) is 0.833. The van der Waals surface area contributed by atoms with E-state index >= 15 is 0 Å². The van der Waals surface area contributed by atoms with E-state index in [1.165, 1.54) is 0 Å². The molecule has 10 heavy (non-hydrogen) atoms. The van der Waals surface area contributed by atoms with Gasteiger partial charge in [0.2, 0.25) is 0 Å². The van der Waals surface area contributed by atoms with Crippen molar-refractivity contribution in [3.63, 3.8) is 0 Å². The molecule has 4 radical (unpaired) electrons. The molecule has 0 saturated heterocycles. The van der Waals surface area contributed by atoms with Crippen molar-refractivity contribution >= 4 is 8.41 Å². The standard InChI is InChI=1S/C4H10.C3H7.CH3.B.Y/c1-4(2)3;1-3-2;;;/h4H,1-3H3;3H,1-2H3;1H3;;/q;2*-1;;. The molecule has 0 aliphatic carbocycles. The predicted octanol–water partition coefficient (Wildman–Crippen LogP) is 2.96. The summed E-state index contributed by atoms with van der Waals surface area (Å²) in [6.45, 7) is 10.5. The molecule has 0 aromatic carbocycles. The van der Waals surface area contributed by atoms with Crippen molar-refractivity contribution in [1.82, 2.24) is 0 Å². The zero-order chi connectivity index (χ0) is 6.28. The molecule has 0 unspecified atom stereocenters. The number of hydrogen-bond donors (Lipinski definition) is 0. The molecule has 0 aromatic rings. The molecular formula is C8H20BY-2. The third-order valence-electron chi connectivity index (χ3n) is 0. The van der Waals surface area contributed by atoms with Gasteiger partial charge < -0.3 is 13.8 Å². The monoisotopic (exact) mass is 216 g/mol. The Bertz CT molecular complexity index is 20.5. The molecule has 0 N–H and O–H groups in total. The van der Waals surface area contributed by atoms with Gasteiger partial charge in [0.1, 0.15) is 0 Å². The van der Waals surface area contributed by atoms with Gasteiger partial charge in [-0.3, -0.25) is 0 Å². The van der Waals surface area contributed by atoms with Crippen LogP contribution in [0.1, 0.15) is 34.6 Å². The topological polar surface area (TPSA) is 0 Å².